The predicted octanol–water partition coefficient (Wildman–Crippen LogP) is 13.2. The minimum atomic E-state index is -1.33. The first kappa shape index (κ1) is 41.6. The fraction of sp³-hybridized carbons (Fsp3) is 0.196. The molecule has 1 radical (unpaired) electrons. The van der Waals surface area contributed by atoms with E-state index in [1.807, 2.05) is 49.5 Å². The van der Waals surface area contributed by atoms with Gasteiger partial charge in [0, 0.05) is 48.9 Å². The van der Waals surface area contributed by atoms with Crippen LogP contribution in [0.3, 0.4) is 0 Å². The van der Waals surface area contributed by atoms with Crippen molar-refractivity contribution in [3.05, 3.63) is 162 Å². The molecule has 0 N–H and O–H groups in total. The van der Waals surface area contributed by atoms with E-state index in [4.69, 9.17) is 9.40 Å². The van der Waals surface area contributed by atoms with E-state index in [1.165, 1.54) is 33.5 Å². The predicted molar refractivity (Wildman–Crippen MR) is 240 cm³/mol. The van der Waals surface area contributed by atoms with Gasteiger partial charge in [0.2, 0.25) is 5.71 Å². The summed E-state index contributed by atoms with van der Waals surface area (Å²) in [5.41, 5.74) is 12.4. The van der Waals surface area contributed by atoms with Crippen LogP contribution < -0.4 is 5.19 Å². The van der Waals surface area contributed by atoms with Gasteiger partial charge in [-0.2, -0.15) is 0 Å². The summed E-state index contributed by atoms with van der Waals surface area (Å²) in [6.45, 7) is 17.8. The molecule has 5 nitrogen and oxygen atoms in total. The molecule has 0 saturated carbocycles. The van der Waals surface area contributed by atoms with Crippen molar-refractivity contribution >= 4 is 46.4 Å². The summed E-state index contributed by atoms with van der Waals surface area (Å²) in [7, 11) is -1.33. The van der Waals surface area contributed by atoms with Gasteiger partial charge in [0.25, 0.3) is 0 Å². The summed E-state index contributed by atoms with van der Waals surface area (Å²) in [4.78, 5) is 14.0. The molecule has 4 heterocycles. The number of aromatic nitrogens is 4. The van der Waals surface area contributed by atoms with Crippen molar-refractivity contribution in [1.82, 2.24) is 19.5 Å². The SMILES string of the molecule is CC(C)c1cc(-c2ccccc2)cc(C(C)C)c1-n1c(-c2[c-]cccc2F)nc2ccccc21.Cc1ccc2c(n1)oc1c[c-]c(-c3ccc([Si](C)(C)C)cn3)cc12.[Ir]. The molecule has 4 aromatic heterocycles. The van der Waals surface area contributed by atoms with E-state index in [-0.39, 0.29) is 37.8 Å². The van der Waals surface area contributed by atoms with Crippen LogP contribution in [0.15, 0.2) is 132 Å². The van der Waals surface area contributed by atoms with Gasteiger partial charge in [-0.15, -0.1) is 48.0 Å². The van der Waals surface area contributed by atoms with Crippen molar-refractivity contribution < 1.29 is 28.9 Å². The number of fused-ring (bicyclic) bond motifs is 4. The summed E-state index contributed by atoms with van der Waals surface area (Å²) in [5.74, 6) is 0.775. The van der Waals surface area contributed by atoms with Crippen LogP contribution in [0.4, 0.5) is 4.39 Å². The quantitative estimate of drug-likeness (QED) is 0.118. The van der Waals surface area contributed by atoms with Crippen LogP contribution in [0.2, 0.25) is 19.6 Å². The van der Waals surface area contributed by atoms with Crippen LogP contribution >= 0.6 is 0 Å². The summed E-state index contributed by atoms with van der Waals surface area (Å²) >= 11 is 0. The van der Waals surface area contributed by atoms with Crippen molar-refractivity contribution in [2.45, 2.75) is 66.1 Å². The Balaban J connectivity index is 0.000000186. The van der Waals surface area contributed by atoms with Crippen molar-refractivity contribution in [2.75, 3.05) is 0 Å². The number of hydrogen-bond donors (Lipinski definition) is 0. The maximum atomic E-state index is 15.0. The van der Waals surface area contributed by atoms with Gasteiger partial charge in [-0.05, 0) is 88.3 Å². The number of para-hydroxylation sites is 2. The van der Waals surface area contributed by atoms with Crippen LogP contribution in [0.1, 0.15) is 56.4 Å². The monoisotopic (exact) mass is 971 g/mol. The zero-order valence-electron chi connectivity index (χ0n) is 34.7. The minimum absolute atomic E-state index is 0. The Morgan fingerprint density at radius 2 is 1.44 bits per heavy atom. The van der Waals surface area contributed by atoms with Crippen molar-refractivity contribution in [3.63, 3.8) is 0 Å². The van der Waals surface area contributed by atoms with Gasteiger partial charge < -0.3 is 14.0 Å². The van der Waals surface area contributed by atoms with E-state index in [2.05, 4.69) is 141 Å². The largest absolute Gasteiger partial charge is 0.486 e. The summed E-state index contributed by atoms with van der Waals surface area (Å²) in [6.07, 6.45) is 2.01. The maximum absolute atomic E-state index is 15.0. The van der Waals surface area contributed by atoms with Gasteiger partial charge in [0.15, 0.2) is 0 Å². The number of furan rings is 1. The molecule has 0 aliphatic rings. The zero-order chi connectivity index (χ0) is 40.7. The molecule has 0 fully saturated rings. The molecule has 9 rings (SSSR count). The van der Waals surface area contributed by atoms with E-state index in [0.29, 0.717) is 17.1 Å². The fourth-order valence-corrected chi connectivity index (χ4v) is 8.50. The average molecular weight is 971 g/mol. The molecular formula is C51H47FIrN4OSi-2. The molecule has 0 saturated heterocycles. The molecule has 0 atom stereocenters. The minimum Gasteiger partial charge on any atom is -0.486 e. The number of aryl methyl sites for hydroxylation is 1. The molecule has 59 heavy (non-hydrogen) atoms. The number of halogens is 1. The molecule has 8 heteroatoms. The van der Waals surface area contributed by atoms with E-state index in [1.54, 1.807) is 12.1 Å². The van der Waals surface area contributed by atoms with Crippen LogP contribution in [0.25, 0.3) is 72.6 Å². The molecule has 5 aromatic carbocycles. The van der Waals surface area contributed by atoms with Gasteiger partial charge in [-0.3, -0.25) is 9.37 Å². The number of nitrogens with zero attached hydrogens (tertiary/aromatic N) is 4. The molecule has 0 bridgehead atoms. The number of hydrogen-bond acceptors (Lipinski definition) is 4. The van der Waals surface area contributed by atoms with E-state index in [0.717, 1.165) is 50.0 Å². The maximum Gasteiger partial charge on any atom is 0.216 e. The van der Waals surface area contributed by atoms with Crippen molar-refractivity contribution in [2.24, 2.45) is 0 Å². The summed E-state index contributed by atoms with van der Waals surface area (Å²) in [5, 5.41) is 3.45. The van der Waals surface area contributed by atoms with Gasteiger partial charge in [0.05, 0.1) is 30.5 Å². The zero-order valence-corrected chi connectivity index (χ0v) is 38.1. The second-order valence-corrected chi connectivity index (χ2v) is 21.6. The van der Waals surface area contributed by atoms with Gasteiger partial charge in [0.1, 0.15) is 0 Å². The average Bonchev–Trinajstić information content (AvgIpc) is 3.78. The van der Waals surface area contributed by atoms with E-state index in [9.17, 15) is 0 Å². The first-order valence-electron chi connectivity index (χ1n) is 19.9. The molecule has 0 aliphatic heterocycles. The van der Waals surface area contributed by atoms with E-state index >= 15 is 4.39 Å². The molecule has 0 aliphatic carbocycles. The van der Waals surface area contributed by atoms with Crippen LogP contribution in [0.5, 0.6) is 0 Å². The number of pyridine rings is 2. The Bertz CT molecular complexity index is 2880. The summed E-state index contributed by atoms with van der Waals surface area (Å²) in [6, 6.07) is 46.7. The standard InChI is InChI=1S/C31H28FN2.C20H19N2OSi.Ir/c1-20(2)25-18-23(22-12-6-5-7-13-22)19-26(21(3)4)30(25)34-29-17-11-10-16-28(29)33-31(34)24-14-8-9-15-27(24)32;1-13-5-8-16-17-11-14(6-10-19(17)23-20(16)22-13)18-9-7-15(12-21-18)24(2,3)4;/h5-13,15-21H,1-4H3;5,7-12H,1-4H3;/q2*-1;. The number of rotatable bonds is 7. The Labute approximate surface area is 360 Å². The van der Waals surface area contributed by atoms with Crippen LogP contribution in [0, 0.1) is 24.9 Å². The number of benzene rings is 5. The summed E-state index contributed by atoms with van der Waals surface area (Å²) < 4.78 is 23.0. The molecule has 0 amide bonds. The fourth-order valence-electron chi connectivity index (χ4n) is 7.46. The second-order valence-electron chi connectivity index (χ2n) is 16.5. The second kappa shape index (κ2) is 17.0. The Morgan fingerprint density at radius 1 is 0.729 bits per heavy atom. The van der Waals surface area contributed by atoms with Gasteiger partial charge in [-0.1, -0.05) is 113 Å². The third kappa shape index (κ3) is 8.35. The molecule has 299 valence electrons. The normalized spacial score (nSPS) is 11.6. The molecule has 0 unspecified atom stereocenters. The van der Waals surface area contributed by atoms with Crippen molar-refractivity contribution in [1.29, 1.82) is 0 Å². The first-order chi connectivity index (χ1) is 27.9. The molecular weight excluding hydrogens is 924 g/mol. The van der Waals surface area contributed by atoms with Crippen LogP contribution in [-0.2, 0) is 20.1 Å². The first-order valence-corrected chi connectivity index (χ1v) is 23.4. The topological polar surface area (TPSA) is 56.7 Å². The Hall–Kier alpha value is -5.53. The molecule has 0 spiro atoms. The van der Waals surface area contributed by atoms with Gasteiger partial charge >= 0.3 is 0 Å². The Morgan fingerprint density at radius 3 is 2.10 bits per heavy atom. The molecule has 9 aromatic rings. The van der Waals surface area contributed by atoms with Crippen LogP contribution in [-0.4, -0.2) is 27.6 Å². The third-order valence-electron chi connectivity index (χ3n) is 10.6. The van der Waals surface area contributed by atoms with E-state index < -0.39 is 8.07 Å². The Kier molecular flexibility index (Phi) is 12.0. The van der Waals surface area contributed by atoms with Crippen molar-refractivity contribution in [3.8, 4) is 39.5 Å². The smallest absolute Gasteiger partial charge is 0.216 e. The number of imidazole rings is 1. The van der Waals surface area contributed by atoms with Gasteiger partial charge in [-0.25, -0.2) is 4.98 Å². The third-order valence-corrected chi connectivity index (χ3v) is 12.7.